The van der Waals surface area contributed by atoms with Gasteiger partial charge in [0.1, 0.15) is 29.9 Å². The molecule has 0 bridgehead atoms. The van der Waals surface area contributed by atoms with Gasteiger partial charge in [-0.1, -0.05) is 30.3 Å². The Morgan fingerprint density at radius 1 is 1.16 bits per heavy atom. The molecule has 0 spiro atoms. The van der Waals surface area contributed by atoms with Crippen molar-refractivity contribution < 1.29 is 24.9 Å². The molecule has 2 saturated heterocycles. The number of amides is 1. The summed E-state index contributed by atoms with van der Waals surface area (Å²) < 4.78 is 5.83. The third kappa shape index (κ3) is 5.93. The van der Waals surface area contributed by atoms with Crippen molar-refractivity contribution >= 4 is 29.3 Å². The summed E-state index contributed by atoms with van der Waals surface area (Å²) in [5, 5.41) is 36.5. The summed E-state index contributed by atoms with van der Waals surface area (Å²) in [7, 11) is 0. The molecule has 0 aliphatic carbocycles. The predicted molar refractivity (Wildman–Crippen MR) is 122 cm³/mol. The van der Waals surface area contributed by atoms with E-state index in [-0.39, 0.29) is 11.9 Å². The van der Waals surface area contributed by atoms with Gasteiger partial charge in [0.05, 0.1) is 17.5 Å². The number of aliphatic hydroxyl groups excluding tert-OH is 3. The number of aliphatic hydroxyl groups is 3. The maximum absolute atomic E-state index is 13.1. The van der Waals surface area contributed by atoms with Crippen LogP contribution in [-0.4, -0.2) is 81.3 Å². The number of thioether (sulfide) groups is 1. The van der Waals surface area contributed by atoms with Gasteiger partial charge in [-0.05, 0) is 50.5 Å². The molecular weight excluding hydrogens is 440 g/mol. The number of benzene rings is 1. The van der Waals surface area contributed by atoms with Crippen LogP contribution in [0.3, 0.4) is 0 Å². The Morgan fingerprint density at radius 2 is 1.87 bits per heavy atom. The Kier molecular flexibility index (Phi) is 9.04. The van der Waals surface area contributed by atoms with Gasteiger partial charge in [0.15, 0.2) is 0 Å². The monoisotopic (exact) mass is 472 g/mol. The van der Waals surface area contributed by atoms with Gasteiger partial charge < -0.3 is 30.7 Å². The van der Waals surface area contributed by atoms with Gasteiger partial charge in [0, 0.05) is 0 Å². The van der Waals surface area contributed by atoms with Gasteiger partial charge in [-0.15, -0.1) is 23.4 Å². The summed E-state index contributed by atoms with van der Waals surface area (Å²) in [4.78, 5) is 13.1. The van der Waals surface area contributed by atoms with Gasteiger partial charge in [0.2, 0.25) is 5.91 Å². The summed E-state index contributed by atoms with van der Waals surface area (Å²) in [6.45, 7) is 2.43. The number of carbonyl (C=O) groups excluding carboxylic acids is 1. The van der Waals surface area contributed by atoms with Crippen molar-refractivity contribution in [1.82, 2.24) is 10.6 Å². The molecule has 2 aliphatic rings. The van der Waals surface area contributed by atoms with Crippen LogP contribution in [0.5, 0.6) is 0 Å². The van der Waals surface area contributed by atoms with Crippen LogP contribution in [0.4, 0.5) is 0 Å². The fraction of sp³-hybridized carbons (Fsp3) is 0.682. The molecule has 1 aromatic rings. The summed E-state index contributed by atoms with van der Waals surface area (Å²) in [6, 6.07) is 9.22. The van der Waals surface area contributed by atoms with Crippen LogP contribution in [0.15, 0.2) is 30.3 Å². The second-order valence-corrected chi connectivity index (χ2v) is 9.99. The molecule has 31 heavy (non-hydrogen) atoms. The van der Waals surface area contributed by atoms with E-state index in [0.29, 0.717) is 12.3 Å². The average molecular weight is 473 g/mol. The van der Waals surface area contributed by atoms with Crippen LogP contribution in [0.2, 0.25) is 0 Å². The normalized spacial score (nSPS) is 36.3. The zero-order chi connectivity index (χ0) is 22.5. The first-order valence-electron chi connectivity index (χ1n) is 10.8. The van der Waals surface area contributed by atoms with Crippen molar-refractivity contribution in [3.05, 3.63) is 35.9 Å². The average Bonchev–Trinajstić information content (AvgIpc) is 3.03. The van der Waals surface area contributed by atoms with E-state index in [1.165, 1.54) is 17.3 Å². The minimum atomic E-state index is -1.38. The fourth-order valence-electron chi connectivity index (χ4n) is 4.42. The molecule has 0 radical (unpaired) electrons. The number of halogens is 1. The molecule has 2 aliphatic heterocycles. The van der Waals surface area contributed by atoms with Gasteiger partial charge >= 0.3 is 0 Å². The lowest BCUT2D eigenvalue weighted by atomic mass is 9.91. The quantitative estimate of drug-likeness (QED) is 0.395. The molecular formula is C22H33ClN2O5S. The van der Waals surface area contributed by atoms with Crippen LogP contribution in [0.25, 0.3) is 0 Å². The number of ether oxygens (including phenoxy) is 1. The number of hydrogen-bond donors (Lipinski definition) is 5. The molecule has 9 heteroatoms. The molecule has 1 amide bonds. The predicted octanol–water partition coefficient (Wildman–Crippen LogP) is 1.19. The highest BCUT2D eigenvalue weighted by Crippen LogP contribution is 2.31. The maximum Gasteiger partial charge on any atom is 0.237 e. The lowest BCUT2D eigenvalue weighted by Gasteiger charge is -2.44. The van der Waals surface area contributed by atoms with Crippen LogP contribution in [-0.2, 0) is 9.53 Å². The number of nitrogens with one attached hydrogen (secondary N) is 2. The van der Waals surface area contributed by atoms with Crippen LogP contribution in [0.1, 0.15) is 37.7 Å². The number of hydrogen-bond acceptors (Lipinski definition) is 7. The number of rotatable bonds is 6. The van der Waals surface area contributed by atoms with E-state index in [4.69, 9.17) is 16.3 Å². The Balaban J connectivity index is 1.65. The molecule has 7 nitrogen and oxygen atoms in total. The van der Waals surface area contributed by atoms with Gasteiger partial charge in [-0.2, -0.15) is 0 Å². The molecule has 3 rings (SSSR count). The van der Waals surface area contributed by atoms with Crippen molar-refractivity contribution in [2.45, 2.75) is 79.4 Å². The van der Waals surface area contributed by atoms with Gasteiger partial charge in [-0.25, -0.2) is 0 Å². The molecule has 0 saturated carbocycles. The van der Waals surface area contributed by atoms with Crippen LogP contribution < -0.4 is 10.6 Å². The van der Waals surface area contributed by atoms with E-state index < -0.39 is 41.3 Å². The van der Waals surface area contributed by atoms with Crippen molar-refractivity contribution in [2.24, 2.45) is 0 Å². The topological polar surface area (TPSA) is 111 Å². The Labute approximate surface area is 192 Å². The van der Waals surface area contributed by atoms with E-state index in [0.717, 1.165) is 19.4 Å². The molecule has 174 valence electrons. The molecule has 5 N–H and O–H groups in total. The fourth-order valence-corrected chi connectivity index (χ4v) is 5.30. The third-order valence-corrected chi connectivity index (χ3v) is 7.40. The minimum Gasteiger partial charge on any atom is -0.388 e. The van der Waals surface area contributed by atoms with Gasteiger partial charge in [-0.3, -0.25) is 4.79 Å². The highest BCUT2D eigenvalue weighted by molar-refractivity contribution is 7.99. The first-order valence-corrected chi connectivity index (χ1v) is 12.5. The highest BCUT2D eigenvalue weighted by atomic mass is 35.5. The SMILES string of the molecule is CSC1O[C@H]([C@H](NC(=O)[C@@H]2CC[C@H](c3ccccc3)CCN2)[C@H](C)Cl)C(O)C(O)[C@H]1O. The first kappa shape index (κ1) is 24.8. The van der Waals surface area contributed by atoms with Crippen molar-refractivity contribution in [3.8, 4) is 0 Å². The summed E-state index contributed by atoms with van der Waals surface area (Å²) in [6.07, 6.45) is -0.644. The number of alkyl halides is 1. The second kappa shape index (κ2) is 11.3. The van der Waals surface area contributed by atoms with E-state index in [1.54, 1.807) is 13.2 Å². The molecule has 2 heterocycles. The molecule has 3 unspecified atom stereocenters. The molecule has 2 fully saturated rings. The van der Waals surface area contributed by atoms with Crippen molar-refractivity contribution in [2.75, 3.05) is 12.8 Å². The third-order valence-electron chi connectivity index (χ3n) is 6.27. The minimum absolute atomic E-state index is 0.205. The second-order valence-electron chi connectivity index (χ2n) is 8.37. The van der Waals surface area contributed by atoms with E-state index in [9.17, 15) is 20.1 Å². The standard InChI is InChI=1S/C22H33ClN2O5S/c1-12(23)16(20-18(27)17(26)19(28)22(30-20)31-2)25-21(29)15-9-8-14(10-11-24-15)13-6-4-3-5-7-13/h3-7,12,14-20,22,24,26-28H,8-11H2,1-2H3,(H,25,29)/t12-,14-,15-,16+,17?,18?,19+,20+,22?/m0/s1. The lowest BCUT2D eigenvalue weighted by Crippen LogP contribution is -2.65. The molecule has 9 atom stereocenters. The summed E-state index contributed by atoms with van der Waals surface area (Å²) >= 11 is 7.59. The largest absolute Gasteiger partial charge is 0.388 e. The molecule has 1 aromatic carbocycles. The maximum atomic E-state index is 13.1. The number of carbonyl (C=O) groups is 1. The zero-order valence-electron chi connectivity index (χ0n) is 17.9. The Bertz CT molecular complexity index is 710. The Morgan fingerprint density at radius 3 is 2.52 bits per heavy atom. The highest BCUT2D eigenvalue weighted by Gasteiger charge is 2.48. The van der Waals surface area contributed by atoms with Crippen LogP contribution >= 0.6 is 23.4 Å². The summed E-state index contributed by atoms with van der Waals surface area (Å²) in [5.41, 5.74) is 0.563. The van der Waals surface area contributed by atoms with Crippen LogP contribution in [0, 0.1) is 0 Å². The van der Waals surface area contributed by atoms with Gasteiger partial charge in [0.25, 0.3) is 0 Å². The van der Waals surface area contributed by atoms with Crippen molar-refractivity contribution in [3.63, 3.8) is 0 Å². The van der Waals surface area contributed by atoms with Crippen molar-refractivity contribution in [1.29, 1.82) is 0 Å². The zero-order valence-corrected chi connectivity index (χ0v) is 19.4. The summed E-state index contributed by atoms with van der Waals surface area (Å²) in [5.74, 6) is 0.194. The van der Waals surface area contributed by atoms with E-state index in [1.807, 2.05) is 18.2 Å². The molecule has 0 aromatic heterocycles. The Hall–Kier alpha value is -0.870. The smallest absolute Gasteiger partial charge is 0.237 e. The van der Waals surface area contributed by atoms with E-state index in [2.05, 4.69) is 22.8 Å². The van der Waals surface area contributed by atoms with E-state index >= 15 is 0 Å². The lowest BCUT2D eigenvalue weighted by molar-refractivity contribution is -0.205. The first-order chi connectivity index (χ1) is 14.8.